The van der Waals surface area contributed by atoms with E-state index in [1.807, 2.05) is 66.9 Å². The minimum atomic E-state index is -0.566. The van der Waals surface area contributed by atoms with Gasteiger partial charge in [0.1, 0.15) is 11.1 Å². The van der Waals surface area contributed by atoms with Crippen LogP contribution in [0, 0.1) is 5.92 Å². The number of aromatic nitrogens is 1. The Labute approximate surface area is 283 Å². The molecule has 4 aromatic carbocycles. The second kappa shape index (κ2) is 14.2. The number of ether oxygens (including phenoxy) is 1. The van der Waals surface area contributed by atoms with Crippen LogP contribution in [0.2, 0.25) is 0 Å². The molecule has 0 bridgehead atoms. The summed E-state index contributed by atoms with van der Waals surface area (Å²) in [5.74, 6) is -0.720. The summed E-state index contributed by atoms with van der Waals surface area (Å²) in [4.78, 5) is 48.3. The molecule has 0 radical (unpaired) electrons. The molecule has 1 aliphatic rings. The Morgan fingerprint density at radius 3 is 2.50 bits per heavy atom. The standard InChI is InChI=1S/C37H37N5O5S/c1-23-20-42(24(2)22-43)36(45)29-11-7-13-31(39-34(44)26-14-16-27(17-15-26)35-38-18-19-48-35)33(29)47-32(23)21-41(3)37(46)40-30-12-6-9-25-8-4-5-10-28(25)30/h4-19,23-24,32,43H,20-22H2,1-3H3,(H,39,44)(H,40,46)/t23-,24+,32+/m1/s1. The maximum atomic E-state index is 13.9. The van der Waals surface area contributed by atoms with Crippen molar-refractivity contribution >= 4 is 51.3 Å². The predicted molar refractivity (Wildman–Crippen MR) is 189 cm³/mol. The molecule has 0 unspecified atom stereocenters. The van der Waals surface area contributed by atoms with Gasteiger partial charge in [-0.05, 0) is 42.6 Å². The molecule has 0 saturated heterocycles. The average Bonchev–Trinajstić information content (AvgIpc) is 3.65. The molecule has 48 heavy (non-hydrogen) atoms. The van der Waals surface area contributed by atoms with E-state index in [9.17, 15) is 19.5 Å². The van der Waals surface area contributed by atoms with Crippen molar-refractivity contribution in [1.29, 1.82) is 0 Å². The van der Waals surface area contributed by atoms with E-state index in [0.717, 1.165) is 21.3 Å². The second-order valence-corrected chi connectivity index (χ2v) is 12.9. The molecule has 6 rings (SSSR count). The van der Waals surface area contributed by atoms with E-state index in [-0.39, 0.29) is 48.2 Å². The highest BCUT2D eigenvalue weighted by molar-refractivity contribution is 7.13. The number of thiazole rings is 1. The SMILES string of the molecule is C[C@@H]1CN([C@@H](C)CO)C(=O)c2cccc(NC(=O)c3ccc(-c4nccs4)cc3)c2O[C@H]1CN(C)C(=O)Nc1cccc2ccccc12. The van der Waals surface area contributed by atoms with Crippen LogP contribution in [-0.2, 0) is 0 Å². The van der Waals surface area contributed by atoms with Gasteiger partial charge in [0.2, 0.25) is 0 Å². The van der Waals surface area contributed by atoms with E-state index in [1.54, 1.807) is 60.3 Å². The molecule has 0 aliphatic carbocycles. The first kappa shape index (κ1) is 32.7. The predicted octanol–water partition coefficient (Wildman–Crippen LogP) is 6.60. The quantitative estimate of drug-likeness (QED) is 0.172. The van der Waals surface area contributed by atoms with Crippen LogP contribution in [0.25, 0.3) is 21.3 Å². The Bertz CT molecular complexity index is 1930. The van der Waals surface area contributed by atoms with E-state index in [2.05, 4.69) is 15.6 Å². The molecule has 3 N–H and O–H groups in total. The Morgan fingerprint density at radius 2 is 1.75 bits per heavy atom. The molecule has 5 aromatic rings. The summed E-state index contributed by atoms with van der Waals surface area (Å²) >= 11 is 1.51. The third kappa shape index (κ3) is 6.87. The zero-order valence-electron chi connectivity index (χ0n) is 26.9. The molecule has 0 fully saturated rings. The maximum Gasteiger partial charge on any atom is 0.321 e. The van der Waals surface area contributed by atoms with Gasteiger partial charge in [-0.1, -0.05) is 61.5 Å². The topological polar surface area (TPSA) is 124 Å². The number of likely N-dealkylation sites (N-methyl/N-ethyl adjacent to an activating group) is 1. The van der Waals surface area contributed by atoms with Gasteiger partial charge in [0.25, 0.3) is 11.8 Å². The summed E-state index contributed by atoms with van der Waals surface area (Å²) < 4.78 is 6.61. The number of hydrogen-bond acceptors (Lipinski definition) is 7. The molecule has 11 heteroatoms. The smallest absolute Gasteiger partial charge is 0.321 e. The highest BCUT2D eigenvalue weighted by Crippen LogP contribution is 2.35. The summed E-state index contributed by atoms with van der Waals surface area (Å²) in [7, 11) is 1.69. The number of urea groups is 1. The van der Waals surface area contributed by atoms with Crippen molar-refractivity contribution in [3.05, 3.63) is 108 Å². The monoisotopic (exact) mass is 663 g/mol. The minimum absolute atomic E-state index is 0.188. The van der Waals surface area contributed by atoms with Crippen LogP contribution in [0.1, 0.15) is 34.6 Å². The van der Waals surface area contributed by atoms with E-state index in [4.69, 9.17) is 4.74 Å². The average molecular weight is 664 g/mol. The van der Waals surface area contributed by atoms with Crippen LogP contribution in [-0.4, -0.2) is 76.6 Å². The van der Waals surface area contributed by atoms with Crippen LogP contribution in [0.3, 0.4) is 0 Å². The molecule has 0 spiro atoms. The van der Waals surface area contributed by atoms with E-state index in [0.29, 0.717) is 23.5 Å². The Kier molecular flexibility index (Phi) is 9.70. The molecule has 1 aromatic heterocycles. The largest absolute Gasteiger partial charge is 0.485 e. The number of hydrogen-bond donors (Lipinski definition) is 3. The van der Waals surface area contributed by atoms with Crippen molar-refractivity contribution < 1.29 is 24.2 Å². The number of benzene rings is 4. The van der Waals surface area contributed by atoms with Gasteiger partial charge in [-0.15, -0.1) is 11.3 Å². The number of nitrogens with one attached hydrogen (secondary N) is 2. The zero-order valence-corrected chi connectivity index (χ0v) is 27.7. The number of aliphatic hydroxyl groups excluding tert-OH is 1. The fourth-order valence-electron chi connectivity index (χ4n) is 5.78. The van der Waals surface area contributed by atoms with E-state index in [1.165, 1.54) is 11.3 Å². The van der Waals surface area contributed by atoms with Gasteiger partial charge < -0.3 is 30.3 Å². The van der Waals surface area contributed by atoms with E-state index < -0.39 is 12.1 Å². The lowest BCUT2D eigenvalue weighted by atomic mass is 9.99. The first-order valence-electron chi connectivity index (χ1n) is 15.8. The zero-order chi connectivity index (χ0) is 33.8. The minimum Gasteiger partial charge on any atom is -0.485 e. The number of nitrogens with zero attached hydrogens (tertiary/aromatic N) is 3. The number of carbonyl (C=O) groups excluding carboxylic acids is 3. The number of fused-ring (bicyclic) bond motifs is 2. The summed E-state index contributed by atoms with van der Waals surface area (Å²) in [6.07, 6.45) is 1.17. The molecule has 246 valence electrons. The van der Waals surface area contributed by atoms with Crippen LogP contribution in [0.5, 0.6) is 5.75 Å². The Morgan fingerprint density at radius 1 is 1.02 bits per heavy atom. The first-order chi connectivity index (χ1) is 23.2. The molecule has 10 nitrogen and oxygen atoms in total. The summed E-state index contributed by atoms with van der Waals surface area (Å²) in [5.41, 5.74) is 2.61. The lowest BCUT2D eigenvalue weighted by Gasteiger charge is -2.38. The van der Waals surface area contributed by atoms with Gasteiger partial charge in [0.05, 0.1) is 36.1 Å². The van der Waals surface area contributed by atoms with Gasteiger partial charge in [-0.3, -0.25) is 9.59 Å². The van der Waals surface area contributed by atoms with E-state index >= 15 is 0 Å². The molecular weight excluding hydrogens is 627 g/mol. The summed E-state index contributed by atoms with van der Waals surface area (Å²) in [6.45, 7) is 3.99. The lowest BCUT2D eigenvalue weighted by molar-refractivity contribution is 0.0372. The highest BCUT2D eigenvalue weighted by atomic mass is 32.1. The van der Waals surface area contributed by atoms with Gasteiger partial charge in [-0.25, -0.2) is 9.78 Å². The van der Waals surface area contributed by atoms with Crippen molar-refractivity contribution in [3.63, 3.8) is 0 Å². The van der Waals surface area contributed by atoms with Crippen molar-refractivity contribution in [1.82, 2.24) is 14.8 Å². The van der Waals surface area contributed by atoms with Gasteiger partial charge in [-0.2, -0.15) is 0 Å². The third-order valence-electron chi connectivity index (χ3n) is 8.60. The maximum absolute atomic E-state index is 13.9. The molecule has 2 heterocycles. The Balaban J connectivity index is 1.27. The van der Waals surface area contributed by atoms with Gasteiger partial charge >= 0.3 is 6.03 Å². The number of amides is 4. The highest BCUT2D eigenvalue weighted by Gasteiger charge is 2.35. The normalized spacial score (nSPS) is 16.7. The molecule has 4 amide bonds. The lowest BCUT2D eigenvalue weighted by Crippen LogP contribution is -2.50. The Hall–Kier alpha value is -5.26. The van der Waals surface area contributed by atoms with Crippen LogP contribution < -0.4 is 15.4 Å². The molecular formula is C37H37N5O5S. The number of aliphatic hydroxyl groups is 1. The van der Waals surface area contributed by atoms with Crippen molar-refractivity contribution in [2.45, 2.75) is 26.0 Å². The summed E-state index contributed by atoms with van der Waals surface area (Å²) in [6, 6.07) is 25.0. The number of anilines is 2. The first-order valence-corrected chi connectivity index (χ1v) is 16.6. The van der Waals surface area contributed by atoms with Gasteiger partial charge in [0, 0.05) is 47.6 Å². The van der Waals surface area contributed by atoms with Crippen LogP contribution in [0.15, 0.2) is 96.5 Å². The molecule has 3 atom stereocenters. The number of carbonyl (C=O) groups is 3. The fourth-order valence-corrected chi connectivity index (χ4v) is 6.43. The van der Waals surface area contributed by atoms with Crippen molar-refractivity contribution in [2.24, 2.45) is 5.92 Å². The van der Waals surface area contributed by atoms with Crippen LogP contribution >= 0.6 is 11.3 Å². The number of rotatable bonds is 8. The van der Waals surface area contributed by atoms with Crippen LogP contribution in [0.4, 0.5) is 16.2 Å². The number of para-hydroxylation sites is 1. The summed E-state index contributed by atoms with van der Waals surface area (Å²) in [5, 5.41) is 20.7. The second-order valence-electron chi connectivity index (χ2n) is 12.0. The molecule has 0 saturated carbocycles. The van der Waals surface area contributed by atoms with Crippen molar-refractivity contribution in [2.75, 3.05) is 37.4 Å². The third-order valence-corrected chi connectivity index (χ3v) is 9.42. The van der Waals surface area contributed by atoms with Crippen molar-refractivity contribution in [3.8, 4) is 16.3 Å². The fraction of sp³-hybridized carbons (Fsp3) is 0.243. The molecule has 1 aliphatic heterocycles. The van der Waals surface area contributed by atoms with Gasteiger partial charge in [0.15, 0.2) is 5.75 Å².